The predicted molar refractivity (Wildman–Crippen MR) is 229 cm³/mol. The quantitative estimate of drug-likeness (QED) is 0.0220. The molecule has 0 rings (SSSR count). The molecule has 6 heteroatoms. The molecule has 0 amide bonds. The first-order chi connectivity index (χ1) is 26.4. The van der Waals surface area contributed by atoms with Crippen molar-refractivity contribution in [2.75, 3.05) is 13.2 Å². The number of carbonyl (C=O) groups is 3. The second kappa shape index (κ2) is 41.7. The summed E-state index contributed by atoms with van der Waals surface area (Å²) < 4.78 is 10.5. The van der Waals surface area contributed by atoms with Gasteiger partial charge in [-0.05, 0) is 50.5 Å². The van der Waals surface area contributed by atoms with Crippen LogP contribution in [0.3, 0.4) is 0 Å². The van der Waals surface area contributed by atoms with Crippen LogP contribution in [0.25, 0.3) is 0 Å². The van der Waals surface area contributed by atoms with E-state index in [2.05, 4.69) is 45.1 Å². The maximum absolute atomic E-state index is 12.2. The van der Waals surface area contributed by atoms with Gasteiger partial charge in [0.1, 0.15) is 6.61 Å². The number of rotatable bonds is 40. The summed E-state index contributed by atoms with van der Waals surface area (Å²) in [6, 6.07) is 0. The van der Waals surface area contributed by atoms with E-state index in [-0.39, 0.29) is 31.2 Å². The van der Waals surface area contributed by atoms with E-state index in [9.17, 15) is 19.5 Å². The van der Waals surface area contributed by atoms with Crippen molar-refractivity contribution in [3.8, 4) is 0 Å². The number of carbonyl (C=O) groups excluding carboxylic acids is 3. The largest absolute Gasteiger partial charge is 0.462 e. The van der Waals surface area contributed by atoms with Crippen LogP contribution in [0, 0.1) is 5.92 Å². The highest BCUT2D eigenvalue weighted by Gasteiger charge is 2.16. The zero-order chi connectivity index (χ0) is 39.6. The van der Waals surface area contributed by atoms with E-state index in [1.165, 1.54) is 134 Å². The van der Waals surface area contributed by atoms with Crippen molar-refractivity contribution in [3.63, 3.8) is 0 Å². The normalized spacial score (nSPS) is 13.1. The molecule has 0 aromatic heterocycles. The van der Waals surface area contributed by atoms with Gasteiger partial charge in [0.15, 0.2) is 11.9 Å². The number of hydrogen-bond donors (Lipinski definition) is 1. The van der Waals surface area contributed by atoms with Crippen LogP contribution in [0.5, 0.6) is 0 Å². The lowest BCUT2D eigenvalue weighted by Crippen LogP contribution is -2.28. The molecule has 0 spiro atoms. The molecule has 0 saturated heterocycles. The van der Waals surface area contributed by atoms with Gasteiger partial charge in [-0.1, -0.05) is 198 Å². The third-order valence-electron chi connectivity index (χ3n) is 10.1. The van der Waals surface area contributed by atoms with Crippen LogP contribution in [0.15, 0.2) is 48.6 Å². The lowest BCUT2D eigenvalue weighted by molar-refractivity contribution is -0.161. The summed E-state index contributed by atoms with van der Waals surface area (Å²) in [4.78, 5) is 36.4. The second-order valence-corrected chi connectivity index (χ2v) is 15.4. The fourth-order valence-electron chi connectivity index (χ4n) is 6.31. The van der Waals surface area contributed by atoms with E-state index in [4.69, 9.17) is 9.47 Å². The van der Waals surface area contributed by atoms with Gasteiger partial charge in [0, 0.05) is 19.3 Å². The van der Waals surface area contributed by atoms with Crippen LogP contribution < -0.4 is 0 Å². The number of allylic oxidation sites excluding steroid dienone is 8. The molecule has 1 unspecified atom stereocenters. The highest BCUT2D eigenvalue weighted by molar-refractivity contribution is 5.90. The van der Waals surface area contributed by atoms with Crippen LogP contribution in [0.4, 0.5) is 0 Å². The van der Waals surface area contributed by atoms with Crippen LogP contribution in [-0.4, -0.2) is 42.1 Å². The molecular weight excluding hydrogens is 673 g/mol. The maximum atomic E-state index is 12.2. The summed E-state index contributed by atoms with van der Waals surface area (Å²) in [5.41, 5.74) is 0. The number of ketones is 1. The minimum absolute atomic E-state index is 0.0566. The fraction of sp³-hybridized carbons (Fsp3) is 0.771. The minimum Gasteiger partial charge on any atom is -0.462 e. The lowest BCUT2D eigenvalue weighted by Gasteiger charge is -2.15. The van der Waals surface area contributed by atoms with Gasteiger partial charge in [0.25, 0.3) is 0 Å². The highest BCUT2D eigenvalue weighted by atomic mass is 16.6. The monoisotopic (exact) mass is 757 g/mol. The zero-order valence-corrected chi connectivity index (χ0v) is 35.4. The Balaban J connectivity index is 3.66. The van der Waals surface area contributed by atoms with Gasteiger partial charge >= 0.3 is 11.9 Å². The van der Waals surface area contributed by atoms with E-state index in [1.807, 2.05) is 12.2 Å². The zero-order valence-electron chi connectivity index (χ0n) is 35.4. The first kappa shape index (κ1) is 51.5. The molecule has 1 N–H and O–H groups in total. The highest BCUT2D eigenvalue weighted by Crippen LogP contribution is 2.17. The van der Waals surface area contributed by atoms with E-state index in [0.29, 0.717) is 12.8 Å². The molecule has 0 heterocycles. The summed E-state index contributed by atoms with van der Waals surface area (Å²) in [6.07, 6.45) is 48.9. The Hall–Kier alpha value is -2.47. The number of aliphatic hydroxyl groups excluding tert-OH is 1. The molecule has 0 fully saturated rings. The molecule has 0 aliphatic rings. The molecule has 54 heavy (non-hydrogen) atoms. The molecule has 0 aromatic rings. The Kier molecular flexibility index (Phi) is 39.8. The van der Waals surface area contributed by atoms with Crippen molar-refractivity contribution in [2.45, 2.75) is 219 Å². The number of hydrogen-bond acceptors (Lipinski definition) is 6. The van der Waals surface area contributed by atoms with E-state index in [1.54, 1.807) is 6.08 Å². The topological polar surface area (TPSA) is 89.9 Å². The van der Waals surface area contributed by atoms with Gasteiger partial charge in [0.2, 0.25) is 0 Å². The summed E-state index contributed by atoms with van der Waals surface area (Å²) >= 11 is 0. The molecule has 312 valence electrons. The first-order valence-electron chi connectivity index (χ1n) is 22.5. The van der Waals surface area contributed by atoms with Gasteiger partial charge in [-0.25, -0.2) is 0 Å². The molecular formula is C48H84O6. The van der Waals surface area contributed by atoms with Gasteiger partial charge in [0.05, 0.1) is 6.61 Å². The third kappa shape index (κ3) is 39.2. The van der Waals surface area contributed by atoms with Gasteiger partial charge in [-0.2, -0.15) is 0 Å². The Morgan fingerprint density at radius 2 is 1.07 bits per heavy atom. The number of esters is 2. The molecule has 0 bridgehead atoms. The third-order valence-corrected chi connectivity index (χ3v) is 10.1. The van der Waals surface area contributed by atoms with Crippen molar-refractivity contribution in [3.05, 3.63) is 48.6 Å². The SMILES string of the molecule is CCCCC/C=C\C/C=C\C/C=C\C=C\C(=O)CCCC(=O)O[C@@H](CO)COC(=O)CCCCCCCCCCCCCCCCCCCCC(C)CC. The maximum Gasteiger partial charge on any atom is 0.306 e. The summed E-state index contributed by atoms with van der Waals surface area (Å²) in [6.45, 7) is 6.32. The minimum atomic E-state index is -0.887. The summed E-state index contributed by atoms with van der Waals surface area (Å²) in [7, 11) is 0. The average molecular weight is 757 g/mol. The molecule has 0 saturated carbocycles. The van der Waals surface area contributed by atoms with Crippen LogP contribution in [0.2, 0.25) is 0 Å². The fourth-order valence-corrected chi connectivity index (χ4v) is 6.31. The smallest absolute Gasteiger partial charge is 0.306 e. The molecule has 0 radical (unpaired) electrons. The average Bonchev–Trinajstić information content (AvgIpc) is 3.17. The van der Waals surface area contributed by atoms with Crippen LogP contribution in [-0.2, 0) is 23.9 Å². The van der Waals surface area contributed by atoms with Crippen molar-refractivity contribution in [1.29, 1.82) is 0 Å². The Labute approximate surface area is 333 Å². The van der Waals surface area contributed by atoms with Crippen molar-refractivity contribution >= 4 is 17.7 Å². The van der Waals surface area contributed by atoms with Crippen LogP contribution in [0.1, 0.15) is 213 Å². The van der Waals surface area contributed by atoms with Gasteiger partial charge in [-0.3, -0.25) is 14.4 Å². The Bertz CT molecular complexity index is 980. The molecule has 0 aromatic carbocycles. The van der Waals surface area contributed by atoms with E-state index < -0.39 is 18.7 Å². The number of ether oxygens (including phenoxy) is 2. The standard InChI is InChI=1S/C48H84O6/c1-4-6-7-8-9-10-11-18-22-25-28-31-34-38-45(50)39-36-41-48(52)54-46(42-49)43-53-47(51)40-35-32-29-26-23-20-17-15-13-12-14-16-19-21-24-27-30-33-37-44(3)5-2/h9-10,18,22,28,31,34,38,44,46,49H,4-8,11-17,19-21,23-27,29-30,32-33,35-37,39-43H2,1-3H3/b10-9-,22-18-,31-28-,38-34+/t44?,46-/m0/s1. The van der Waals surface area contributed by atoms with Crippen molar-refractivity contribution in [2.24, 2.45) is 5.92 Å². The molecule has 0 aliphatic heterocycles. The van der Waals surface area contributed by atoms with Crippen LogP contribution >= 0.6 is 0 Å². The van der Waals surface area contributed by atoms with Gasteiger partial charge < -0.3 is 14.6 Å². The summed E-state index contributed by atoms with van der Waals surface area (Å²) in [5, 5.41) is 9.57. The Morgan fingerprint density at radius 1 is 0.556 bits per heavy atom. The van der Waals surface area contributed by atoms with Crippen molar-refractivity contribution in [1.82, 2.24) is 0 Å². The molecule has 6 nitrogen and oxygen atoms in total. The Morgan fingerprint density at radius 3 is 1.63 bits per heavy atom. The number of aliphatic hydroxyl groups is 1. The second-order valence-electron chi connectivity index (χ2n) is 15.4. The molecule has 0 aliphatic carbocycles. The van der Waals surface area contributed by atoms with E-state index >= 15 is 0 Å². The van der Waals surface area contributed by atoms with Crippen molar-refractivity contribution < 1.29 is 29.0 Å². The van der Waals surface area contributed by atoms with Gasteiger partial charge in [-0.15, -0.1) is 0 Å². The summed E-state index contributed by atoms with van der Waals surface area (Å²) in [5.74, 6) is 0.0102. The molecule has 2 atom stereocenters. The first-order valence-corrected chi connectivity index (χ1v) is 22.5. The van der Waals surface area contributed by atoms with E-state index in [0.717, 1.165) is 44.4 Å². The predicted octanol–water partition coefficient (Wildman–Crippen LogP) is 13.6. The lowest BCUT2D eigenvalue weighted by atomic mass is 9.99. The number of unbranched alkanes of at least 4 members (excludes halogenated alkanes) is 20.